The van der Waals surface area contributed by atoms with Gasteiger partial charge in [-0.3, -0.25) is 13.9 Å². The summed E-state index contributed by atoms with van der Waals surface area (Å²) in [4.78, 5) is 28.7. The van der Waals surface area contributed by atoms with Gasteiger partial charge in [0.1, 0.15) is 18.4 Å². The van der Waals surface area contributed by atoms with Crippen LogP contribution >= 0.6 is 0 Å². The fraction of sp³-hybridized carbons (Fsp3) is 0.355. The summed E-state index contributed by atoms with van der Waals surface area (Å²) in [6.45, 7) is 5.01. The molecule has 0 aliphatic heterocycles. The number of sulfonamides is 1. The van der Waals surface area contributed by atoms with Crippen LogP contribution in [0.2, 0.25) is 0 Å². The van der Waals surface area contributed by atoms with Gasteiger partial charge in [-0.2, -0.15) is 0 Å². The van der Waals surface area contributed by atoms with Gasteiger partial charge in [0.15, 0.2) is 0 Å². The summed E-state index contributed by atoms with van der Waals surface area (Å²) in [6, 6.07) is 18.1. The minimum atomic E-state index is -4.19. The number of nitrogens with zero attached hydrogens (tertiary/aromatic N) is 2. The molecule has 3 aromatic rings. The summed E-state index contributed by atoms with van der Waals surface area (Å²) < 4.78 is 42.3. The Morgan fingerprint density at radius 3 is 2.23 bits per heavy atom. The monoisotopic (exact) mass is 565 g/mol. The van der Waals surface area contributed by atoms with Crippen LogP contribution in [0.1, 0.15) is 49.3 Å². The molecule has 40 heavy (non-hydrogen) atoms. The number of benzene rings is 3. The number of anilines is 1. The minimum Gasteiger partial charge on any atom is -0.352 e. The van der Waals surface area contributed by atoms with E-state index < -0.39 is 34.3 Å². The van der Waals surface area contributed by atoms with E-state index in [9.17, 15) is 22.4 Å². The van der Waals surface area contributed by atoms with Crippen molar-refractivity contribution in [2.75, 3.05) is 10.8 Å². The second-order valence-corrected chi connectivity index (χ2v) is 12.3. The lowest BCUT2D eigenvalue weighted by molar-refractivity contribution is -0.139. The Hall–Kier alpha value is -3.72. The third-order valence-corrected chi connectivity index (χ3v) is 9.09. The molecule has 1 atom stereocenters. The van der Waals surface area contributed by atoms with E-state index in [1.165, 1.54) is 29.2 Å². The Balaban J connectivity index is 1.68. The number of rotatable bonds is 10. The van der Waals surface area contributed by atoms with Gasteiger partial charge >= 0.3 is 0 Å². The van der Waals surface area contributed by atoms with Gasteiger partial charge in [-0.1, -0.05) is 60.4 Å². The molecule has 1 saturated carbocycles. The zero-order valence-electron chi connectivity index (χ0n) is 23.1. The van der Waals surface area contributed by atoms with E-state index in [2.05, 4.69) is 5.32 Å². The number of nitrogens with one attached hydrogen (secondary N) is 1. The second kappa shape index (κ2) is 12.6. The molecule has 0 saturated heterocycles. The number of carbonyl (C=O) groups is 2. The van der Waals surface area contributed by atoms with Crippen molar-refractivity contribution >= 4 is 27.5 Å². The molecule has 0 aromatic heterocycles. The van der Waals surface area contributed by atoms with Crippen molar-refractivity contribution in [1.82, 2.24) is 10.2 Å². The molecule has 1 aliphatic carbocycles. The topological polar surface area (TPSA) is 86.8 Å². The first-order chi connectivity index (χ1) is 19.0. The molecule has 9 heteroatoms. The van der Waals surface area contributed by atoms with E-state index in [4.69, 9.17) is 0 Å². The quantitative estimate of drug-likeness (QED) is 0.370. The predicted molar refractivity (Wildman–Crippen MR) is 154 cm³/mol. The highest BCUT2D eigenvalue weighted by molar-refractivity contribution is 7.92. The highest BCUT2D eigenvalue weighted by Gasteiger charge is 2.33. The molecule has 0 bridgehead atoms. The summed E-state index contributed by atoms with van der Waals surface area (Å²) in [6.07, 6.45) is 3.90. The lowest BCUT2D eigenvalue weighted by Crippen LogP contribution is -2.52. The van der Waals surface area contributed by atoms with E-state index >= 15 is 0 Å². The van der Waals surface area contributed by atoms with Crippen LogP contribution in [0.15, 0.2) is 77.7 Å². The Labute approximate surface area is 236 Å². The summed E-state index contributed by atoms with van der Waals surface area (Å²) >= 11 is 0. The molecule has 4 rings (SSSR count). The van der Waals surface area contributed by atoms with Crippen molar-refractivity contribution in [2.24, 2.45) is 0 Å². The van der Waals surface area contributed by atoms with Gasteiger partial charge in [-0.05, 0) is 75.6 Å². The highest BCUT2D eigenvalue weighted by Crippen LogP contribution is 2.25. The van der Waals surface area contributed by atoms with Gasteiger partial charge < -0.3 is 10.2 Å². The molecule has 0 unspecified atom stereocenters. The third kappa shape index (κ3) is 7.07. The minimum absolute atomic E-state index is 0.00693. The standard InChI is InChI=1S/C31H36FN3O4S/c1-22-11-17-29(18-12-22)40(38,39)35(28-15-13-26(32)14-16-28)21-30(36)34(20-25-8-6-7-23(2)19-25)24(3)31(37)33-27-9-4-5-10-27/h6-8,11-19,24,27H,4-5,9-10,20-21H2,1-3H3,(H,33,37)/t24-/m1/s1. The SMILES string of the molecule is Cc1ccc(S(=O)(=O)N(CC(=O)N(Cc2cccc(C)c2)[C@H](C)C(=O)NC2CCCC2)c2ccc(F)cc2)cc1. The van der Waals surface area contributed by atoms with Crippen molar-refractivity contribution < 1.29 is 22.4 Å². The number of hydrogen-bond acceptors (Lipinski definition) is 4. The van der Waals surface area contributed by atoms with Gasteiger partial charge in [-0.25, -0.2) is 12.8 Å². The molecule has 0 heterocycles. The maximum Gasteiger partial charge on any atom is 0.264 e. The number of carbonyl (C=O) groups excluding carboxylic acids is 2. The fourth-order valence-corrected chi connectivity index (χ4v) is 6.37. The molecule has 7 nitrogen and oxygen atoms in total. The fourth-order valence-electron chi connectivity index (χ4n) is 4.96. The lowest BCUT2D eigenvalue weighted by Gasteiger charge is -2.32. The molecule has 0 spiro atoms. The first kappa shape index (κ1) is 29.3. The van der Waals surface area contributed by atoms with Crippen molar-refractivity contribution in [3.05, 3.63) is 95.3 Å². The van der Waals surface area contributed by atoms with Crippen LogP contribution in [-0.4, -0.2) is 43.8 Å². The maximum absolute atomic E-state index is 14.0. The highest BCUT2D eigenvalue weighted by atomic mass is 32.2. The van der Waals surface area contributed by atoms with Gasteiger partial charge in [0.05, 0.1) is 10.6 Å². The van der Waals surface area contributed by atoms with Crippen molar-refractivity contribution in [1.29, 1.82) is 0 Å². The molecule has 3 aromatic carbocycles. The first-order valence-corrected chi connectivity index (χ1v) is 15.0. The molecular formula is C31H36FN3O4S. The van der Waals surface area contributed by atoms with Gasteiger partial charge in [0.2, 0.25) is 11.8 Å². The van der Waals surface area contributed by atoms with Crippen molar-refractivity contribution in [3.63, 3.8) is 0 Å². The van der Waals surface area contributed by atoms with Crippen LogP contribution in [0.5, 0.6) is 0 Å². The molecule has 1 aliphatic rings. The molecule has 212 valence electrons. The second-order valence-electron chi connectivity index (χ2n) is 10.5. The average Bonchev–Trinajstić information content (AvgIpc) is 3.44. The van der Waals surface area contributed by atoms with Crippen molar-refractivity contribution in [3.8, 4) is 0 Å². The lowest BCUT2D eigenvalue weighted by atomic mass is 10.1. The first-order valence-electron chi connectivity index (χ1n) is 13.5. The largest absolute Gasteiger partial charge is 0.352 e. The van der Waals surface area contributed by atoms with E-state index in [0.29, 0.717) is 0 Å². The number of aryl methyl sites for hydroxylation is 2. The Morgan fingerprint density at radius 2 is 1.60 bits per heavy atom. The van der Waals surface area contributed by atoms with Crippen LogP contribution < -0.4 is 9.62 Å². The summed E-state index contributed by atoms with van der Waals surface area (Å²) in [5.41, 5.74) is 2.86. The number of hydrogen-bond donors (Lipinski definition) is 1. The van der Waals surface area contributed by atoms with Crippen LogP contribution in [-0.2, 0) is 26.2 Å². The van der Waals surface area contributed by atoms with Crippen LogP contribution in [0.25, 0.3) is 0 Å². The average molecular weight is 566 g/mol. The predicted octanol–water partition coefficient (Wildman–Crippen LogP) is 5.11. The van der Waals surface area contributed by atoms with Gasteiger partial charge in [-0.15, -0.1) is 0 Å². The molecular weight excluding hydrogens is 529 g/mol. The van der Waals surface area contributed by atoms with E-state index in [0.717, 1.165) is 58.8 Å². The molecule has 2 amide bonds. The molecule has 1 fully saturated rings. The summed E-state index contributed by atoms with van der Waals surface area (Å²) in [5.74, 6) is -1.35. The summed E-state index contributed by atoms with van der Waals surface area (Å²) in [7, 11) is -4.19. The number of halogens is 1. The van der Waals surface area contributed by atoms with Gasteiger partial charge in [0, 0.05) is 12.6 Å². The normalized spacial score (nSPS) is 14.5. The van der Waals surface area contributed by atoms with E-state index in [-0.39, 0.29) is 29.1 Å². The Bertz CT molecular complexity index is 1440. The molecule has 1 N–H and O–H groups in total. The van der Waals surface area contributed by atoms with E-state index in [1.807, 2.05) is 38.1 Å². The zero-order valence-corrected chi connectivity index (χ0v) is 24.0. The van der Waals surface area contributed by atoms with Crippen molar-refractivity contribution in [2.45, 2.75) is 70.0 Å². The maximum atomic E-state index is 14.0. The Morgan fingerprint density at radius 1 is 0.950 bits per heavy atom. The number of amides is 2. The van der Waals surface area contributed by atoms with E-state index in [1.54, 1.807) is 19.1 Å². The van der Waals surface area contributed by atoms with Crippen LogP contribution in [0.4, 0.5) is 10.1 Å². The zero-order chi connectivity index (χ0) is 28.9. The Kier molecular flexibility index (Phi) is 9.25. The third-order valence-electron chi connectivity index (χ3n) is 7.31. The molecule has 0 radical (unpaired) electrons. The smallest absolute Gasteiger partial charge is 0.264 e. The van der Waals surface area contributed by atoms with Gasteiger partial charge in [0.25, 0.3) is 10.0 Å². The van der Waals surface area contributed by atoms with Crippen LogP contribution in [0, 0.1) is 19.7 Å². The van der Waals surface area contributed by atoms with Crippen LogP contribution in [0.3, 0.4) is 0 Å². The summed E-state index contributed by atoms with van der Waals surface area (Å²) in [5, 5.41) is 3.06.